The Kier molecular flexibility index (Phi) is 3.64. The van der Waals surface area contributed by atoms with Crippen molar-refractivity contribution in [3.05, 3.63) is 29.8 Å². The van der Waals surface area contributed by atoms with Crippen LogP contribution in [0, 0.1) is 0 Å². The molecule has 0 aromatic heterocycles. The lowest BCUT2D eigenvalue weighted by Crippen LogP contribution is -2.44. The maximum Gasteiger partial charge on any atom is 0.322 e. The first kappa shape index (κ1) is 11.9. The van der Waals surface area contributed by atoms with E-state index in [0.29, 0.717) is 6.54 Å². The number of hydrogen-bond donors (Lipinski definition) is 2. The second kappa shape index (κ2) is 5.19. The van der Waals surface area contributed by atoms with Crippen LogP contribution in [-0.2, 0) is 6.54 Å². The number of anilines is 1. The first-order valence-corrected chi connectivity index (χ1v) is 6.05. The summed E-state index contributed by atoms with van der Waals surface area (Å²) in [5, 5.41) is 6.26. The van der Waals surface area contributed by atoms with Crippen LogP contribution in [0.5, 0.6) is 0 Å². The Balaban J connectivity index is 2.25. The number of carbonyl (C=O) groups excluding carboxylic acids is 1. The Bertz CT molecular complexity index is 403. The fourth-order valence-corrected chi connectivity index (χ4v) is 1.99. The fraction of sp³-hybridized carbons (Fsp3) is 0.462. The van der Waals surface area contributed by atoms with Gasteiger partial charge in [-0.1, -0.05) is 18.2 Å². The average Bonchev–Trinajstić information content (AvgIpc) is 2.50. The van der Waals surface area contributed by atoms with Gasteiger partial charge in [0.1, 0.15) is 0 Å². The van der Waals surface area contributed by atoms with Crippen LogP contribution in [0.2, 0.25) is 0 Å². The molecule has 0 fully saturated rings. The zero-order valence-corrected chi connectivity index (χ0v) is 10.4. The molecule has 1 aromatic carbocycles. The molecule has 0 spiro atoms. The van der Waals surface area contributed by atoms with Crippen LogP contribution in [0.1, 0.15) is 19.4 Å². The highest BCUT2D eigenvalue weighted by Gasteiger charge is 2.20. The van der Waals surface area contributed by atoms with Gasteiger partial charge in [-0.05, 0) is 25.5 Å². The highest BCUT2D eigenvalue weighted by Crippen LogP contribution is 2.21. The van der Waals surface area contributed by atoms with Crippen molar-refractivity contribution in [1.29, 1.82) is 0 Å². The van der Waals surface area contributed by atoms with Crippen LogP contribution < -0.4 is 15.5 Å². The SMILES string of the molecule is CC(C)NC(=O)N1CCNCc2ccccc21. The minimum absolute atomic E-state index is 0.0175. The van der Waals surface area contributed by atoms with Crippen LogP contribution in [0.15, 0.2) is 24.3 Å². The van der Waals surface area contributed by atoms with Crippen molar-refractivity contribution in [3.63, 3.8) is 0 Å². The number of nitrogens with one attached hydrogen (secondary N) is 2. The first-order valence-electron chi connectivity index (χ1n) is 6.05. The minimum atomic E-state index is -0.0175. The van der Waals surface area contributed by atoms with Crippen molar-refractivity contribution in [3.8, 4) is 0 Å². The largest absolute Gasteiger partial charge is 0.336 e. The Morgan fingerprint density at radius 1 is 1.41 bits per heavy atom. The van der Waals surface area contributed by atoms with Crippen molar-refractivity contribution in [1.82, 2.24) is 10.6 Å². The molecule has 0 bridgehead atoms. The summed E-state index contributed by atoms with van der Waals surface area (Å²) in [6.45, 7) is 6.29. The average molecular weight is 233 g/mol. The van der Waals surface area contributed by atoms with Crippen LogP contribution in [0.3, 0.4) is 0 Å². The van der Waals surface area contributed by atoms with E-state index in [2.05, 4.69) is 16.7 Å². The van der Waals surface area contributed by atoms with Gasteiger partial charge in [-0.25, -0.2) is 4.79 Å². The van der Waals surface area contributed by atoms with Crippen LogP contribution in [0.25, 0.3) is 0 Å². The summed E-state index contributed by atoms with van der Waals surface area (Å²) in [7, 11) is 0. The van der Waals surface area contributed by atoms with Gasteiger partial charge in [-0.3, -0.25) is 4.90 Å². The lowest BCUT2D eigenvalue weighted by atomic mass is 10.1. The van der Waals surface area contributed by atoms with E-state index in [1.807, 2.05) is 36.9 Å². The molecular weight excluding hydrogens is 214 g/mol. The molecule has 0 atom stereocenters. The van der Waals surface area contributed by atoms with Crippen molar-refractivity contribution < 1.29 is 4.79 Å². The maximum absolute atomic E-state index is 12.1. The predicted molar refractivity (Wildman–Crippen MR) is 69.2 cm³/mol. The smallest absolute Gasteiger partial charge is 0.322 e. The second-order valence-electron chi connectivity index (χ2n) is 4.56. The Morgan fingerprint density at radius 2 is 2.18 bits per heavy atom. The van der Waals surface area contributed by atoms with E-state index in [9.17, 15) is 4.79 Å². The van der Waals surface area contributed by atoms with Gasteiger partial charge < -0.3 is 10.6 Å². The third kappa shape index (κ3) is 2.77. The summed E-state index contributed by atoms with van der Waals surface area (Å²) < 4.78 is 0. The van der Waals surface area contributed by atoms with Crippen molar-refractivity contribution in [2.24, 2.45) is 0 Å². The van der Waals surface area contributed by atoms with Crippen LogP contribution in [0.4, 0.5) is 10.5 Å². The van der Waals surface area contributed by atoms with Gasteiger partial charge in [-0.15, -0.1) is 0 Å². The summed E-state index contributed by atoms with van der Waals surface area (Å²) >= 11 is 0. The lowest BCUT2D eigenvalue weighted by molar-refractivity contribution is 0.244. The fourth-order valence-electron chi connectivity index (χ4n) is 1.99. The normalized spacial score (nSPS) is 15.4. The first-order chi connectivity index (χ1) is 8.18. The lowest BCUT2D eigenvalue weighted by Gasteiger charge is -2.24. The molecule has 92 valence electrons. The molecular formula is C13H19N3O. The third-order valence-electron chi connectivity index (χ3n) is 2.77. The standard InChI is InChI=1S/C13H19N3O/c1-10(2)15-13(17)16-8-7-14-9-11-5-3-4-6-12(11)16/h3-6,10,14H,7-9H2,1-2H3,(H,15,17). The zero-order chi connectivity index (χ0) is 12.3. The molecule has 1 heterocycles. The molecule has 1 aromatic rings. The number of benzene rings is 1. The molecule has 2 amide bonds. The molecule has 0 saturated heterocycles. The van der Waals surface area contributed by atoms with E-state index < -0.39 is 0 Å². The van der Waals surface area contributed by atoms with Gasteiger partial charge in [-0.2, -0.15) is 0 Å². The summed E-state index contributed by atoms with van der Waals surface area (Å²) in [5.41, 5.74) is 2.18. The number of nitrogens with zero attached hydrogens (tertiary/aromatic N) is 1. The van der Waals surface area contributed by atoms with Crippen LogP contribution >= 0.6 is 0 Å². The minimum Gasteiger partial charge on any atom is -0.336 e. The quantitative estimate of drug-likeness (QED) is 0.775. The molecule has 0 aliphatic carbocycles. The molecule has 17 heavy (non-hydrogen) atoms. The van der Waals surface area contributed by atoms with Gasteiger partial charge in [0.05, 0.1) is 0 Å². The predicted octanol–water partition coefficient (Wildman–Crippen LogP) is 1.71. The molecule has 1 aliphatic rings. The van der Waals surface area contributed by atoms with Crippen molar-refractivity contribution >= 4 is 11.7 Å². The van der Waals surface area contributed by atoms with Crippen LogP contribution in [-0.4, -0.2) is 25.2 Å². The molecule has 4 nitrogen and oxygen atoms in total. The summed E-state index contributed by atoms with van der Waals surface area (Å²) in [6.07, 6.45) is 0. The highest BCUT2D eigenvalue weighted by atomic mass is 16.2. The maximum atomic E-state index is 12.1. The van der Waals surface area contributed by atoms with E-state index in [1.165, 1.54) is 5.56 Å². The van der Waals surface area contributed by atoms with E-state index in [4.69, 9.17) is 0 Å². The van der Waals surface area contributed by atoms with Gasteiger partial charge in [0, 0.05) is 31.4 Å². The number of rotatable bonds is 1. The number of urea groups is 1. The molecule has 0 saturated carbocycles. The monoisotopic (exact) mass is 233 g/mol. The number of hydrogen-bond acceptors (Lipinski definition) is 2. The number of fused-ring (bicyclic) bond motifs is 1. The van der Waals surface area contributed by atoms with E-state index in [0.717, 1.165) is 18.8 Å². The summed E-state index contributed by atoms with van der Waals surface area (Å²) in [5.74, 6) is 0. The number of amides is 2. The van der Waals surface area contributed by atoms with E-state index >= 15 is 0 Å². The Hall–Kier alpha value is -1.55. The molecule has 0 radical (unpaired) electrons. The molecule has 4 heteroatoms. The Morgan fingerprint density at radius 3 is 2.94 bits per heavy atom. The van der Waals surface area contributed by atoms with Crippen molar-refractivity contribution in [2.75, 3.05) is 18.0 Å². The molecule has 0 unspecified atom stereocenters. The Labute approximate surface area is 102 Å². The van der Waals surface area contributed by atoms with Gasteiger partial charge in [0.25, 0.3) is 0 Å². The van der Waals surface area contributed by atoms with Gasteiger partial charge in [0.15, 0.2) is 0 Å². The summed E-state index contributed by atoms with van der Waals surface area (Å²) in [6, 6.07) is 8.18. The number of carbonyl (C=O) groups is 1. The van der Waals surface area contributed by atoms with Gasteiger partial charge >= 0.3 is 6.03 Å². The van der Waals surface area contributed by atoms with Crippen molar-refractivity contribution in [2.45, 2.75) is 26.4 Å². The van der Waals surface area contributed by atoms with E-state index in [1.54, 1.807) is 0 Å². The zero-order valence-electron chi connectivity index (χ0n) is 10.4. The van der Waals surface area contributed by atoms with E-state index in [-0.39, 0.29) is 12.1 Å². The summed E-state index contributed by atoms with van der Waals surface area (Å²) in [4.78, 5) is 13.9. The van der Waals surface area contributed by atoms with Gasteiger partial charge in [0.2, 0.25) is 0 Å². The molecule has 1 aliphatic heterocycles. The third-order valence-corrected chi connectivity index (χ3v) is 2.77. The highest BCUT2D eigenvalue weighted by molar-refractivity contribution is 5.93. The molecule has 2 rings (SSSR count). The second-order valence-corrected chi connectivity index (χ2v) is 4.56. The molecule has 2 N–H and O–H groups in total. The topological polar surface area (TPSA) is 44.4 Å². The number of para-hydroxylation sites is 1.